The predicted octanol–water partition coefficient (Wildman–Crippen LogP) is 1.59. The van der Waals surface area contributed by atoms with Crippen LogP contribution in [0.1, 0.15) is 58.8 Å². The zero-order chi connectivity index (χ0) is 15.5. The minimum Gasteiger partial charge on any atom is -0.389 e. The van der Waals surface area contributed by atoms with Gasteiger partial charge in [0.2, 0.25) is 5.91 Å². The molecule has 1 rings (SSSR count). The van der Waals surface area contributed by atoms with Gasteiger partial charge in [-0.3, -0.25) is 4.79 Å². The lowest BCUT2D eigenvalue weighted by atomic mass is 9.98. The van der Waals surface area contributed by atoms with E-state index >= 15 is 0 Å². The number of carbonyl (C=O) groups excluding carboxylic acids is 1. The van der Waals surface area contributed by atoms with Crippen molar-refractivity contribution in [3.8, 4) is 0 Å². The molecule has 1 aliphatic rings. The SMILES string of the molecule is CCC(C)NC(=O)CCNCC(O)COC1CCCCC1. The molecule has 0 aromatic carbocycles. The van der Waals surface area contributed by atoms with Gasteiger partial charge in [-0.1, -0.05) is 26.2 Å². The van der Waals surface area contributed by atoms with Crippen LogP contribution in [0.3, 0.4) is 0 Å². The van der Waals surface area contributed by atoms with Crippen LogP contribution in [0, 0.1) is 0 Å². The number of aliphatic hydroxyl groups is 1. The van der Waals surface area contributed by atoms with Crippen LogP contribution in [0.15, 0.2) is 0 Å². The number of amides is 1. The standard InChI is InChI=1S/C16H32N2O3/c1-3-13(2)18-16(20)9-10-17-11-14(19)12-21-15-7-5-4-6-8-15/h13-15,17,19H,3-12H2,1-2H3,(H,18,20). The topological polar surface area (TPSA) is 70.6 Å². The molecule has 0 aromatic heterocycles. The van der Waals surface area contributed by atoms with Gasteiger partial charge in [0, 0.05) is 25.6 Å². The Labute approximate surface area is 128 Å². The van der Waals surface area contributed by atoms with E-state index < -0.39 is 6.10 Å². The first-order chi connectivity index (χ1) is 10.1. The van der Waals surface area contributed by atoms with E-state index in [2.05, 4.69) is 10.6 Å². The monoisotopic (exact) mass is 300 g/mol. The van der Waals surface area contributed by atoms with Gasteiger partial charge in [0.05, 0.1) is 18.8 Å². The van der Waals surface area contributed by atoms with Crippen LogP contribution in [0.2, 0.25) is 0 Å². The molecule has 0 radical (unpaired) electrons. The highest BCUT2D eigenvalue weighted by Gasteiger charge is 2.15. The van der Waals surface area contributed by atoms with Gasteiger partial charge < -0.3 is 20.5 Å². The van der Waals surface area contributed by atoms with Crippen molar-refractivity contribution >= 4 is 5.91 Å². The van der Waals surface area contributed by atoms with Gasteiger partial charge in [-0.15, -0.1) is 0 Å². The fourth-order valence-corrected chi connectivity index (χ4v) is 2.46. The van der Waals surface area contributed by atoms with E-state index in [1.165, 1.54) is 19.3 Å². The first-order valence-electron chi connectivity index (χ1n) is 8.41. The first kappa shape index (κ1) is 18.4. The summed E-state index contributed by atoms with van der Waals surface area (Å²) in [6.45, 7) is 5.49. The fraction of sp³-hybridized carbons (Fsp3) is 0.938. The number of ether oxygens (including phenoxy) is 1. The van der Waals surface area contributed by atoms with Crippen LogP contribution in [0.5, 0.6) is 0 Å². The van der Waals surface area contributed by atoms with Crippen molar-refractivity contribution in [2.45, 2.75) is 77.0 Å². The van der Waals surface area contributed by atoms with Crippen LogP contribution in [-0.4, -0.2) is 49.0 Å². The molecule has 0 aliphatic heterocycles. The third-order valence-corrected chi connectivity index (χ3v) is 4.01. The molecule has 5 nitrogen and oxygen atoms in total. The lowest BCUT2D eigenvalue weighted by Gasteiger charge is -2.23. The van der Waals surface area contributed by atoms with Gasteiger partial charge in [0.25, 0.3) is 0 Å². The fourth-order valence-electron chi connectivity index (χ4n) is 2.46. The van der Waals surface area contributed by atoms with Crippen molar-refractivity contribution in [3.05, 3.63) is 0 Å². The highest BCUT2D eigenvalue weighted by Crippen LogP contribution is 2.20. The smallest absolute Gasteiger partial charge is 0.221 e. The molecule has 5 heteroatoms. The molecule has 21 heavy (non-hydrogen) atoms. The van der Waals surface area contributed by atoms with E-state index in [4.69, 9.17) is 4.74 Å². The number of hydrogen-bond acceptors (Lipinski definition) is 4. The molecule has 2 atom stereocenters. The van der Waals surface area contributed by atoms with Crippen molar-refractivity contribution in [1.82, 2.24) is 10.6 Å². The van der Waals surface area contributed by atoms with Crippen molar-refractivity contribution in [2.24, 2.45) is 0 Å². The first-order valence-corrected chi connectivity index (χ1v) is 8.41. The summed E-state index contributed by atoms with van der Waals surface area (Å²) in [6, 6.07) is 0.229. The second kappa shape index (κ2) is 11.0. The third kappa shape index (κ3) is 9.06. The molecule has 124 valence electrons. The van der Waals surface area contributed by atoms with Gasteiger partial charge in [0.1, 0.15) is 0 Å². The molecule has 1 fully saturated rings. The predicted molar refractivity (Wildman–Crippen MR) is 84.2 cm³/mol. The Kier molecular flexibility index (Phi) is 9.63. The van der Waals surface area contributed by atoms with E-state index in [1.54, 1.807) is 0 Å². The summed E-state index contributed by atoms with van der Waals surface area (Å²) >= 11 is 0. The zero-order valence-corrected chi connectivity index (χ0v) is 13.6. The number of nitrogens with one attached hydrogen (secondary N) is 2. The number of carbonyl (C=O) groups is 1. The Morgan fingerprint density at radius 3 is 2.71 bits per heavy atom. The highest BCUT2D eigenvalue weighted by molar-refractivity contribution is 5.76. The molecule has 3 N–H and O–H groups in total. The van der Waals surface area contributed by atoms with Gasteiger partial charge in [-0.05, 0) is 26.2 Å². The van der Waals surface area contributed by atoms with Crippen molar-refractivity contribution in [2.75, 3.05) is 19.7 Å². The van der Waals surface area contributed by atoms with E-state index in [1.807, 2.05) is 13.8 Å². The average molecular weight is 300 g/mol. The quantitative estimate of drug-likeness (QED) is 0.536. The minimum atomic E-state index is -0.496. The maximum Gasteiger partial charge on any atom is 0.221 e. The average Bonchev–Trinajstić information content (AvgIpc) is 2.50. The maximum absolute atomic E-state index is 11.6. The van der Waals surface area contributed by atoms with Gasteiger partial charge in [-0.2, -0.15) is 0 Å². The Balaban J connectivity index is 1.97. The summed E-state index contributed by atoms with van der Waals surface area (Å²) in [5, 5.41) is 15.9. The second-order valence-corrected chi connectivity index (χ2v) is 6.08. The number of hydrogen-bond donors (Lipinski definition) is 3. The Hall–Kier alpha value is -0.650. The molecule has 0 bridgehead atoms. The van der Waals surface area contributed by atoms with Crippen molar-refractivity contribution < 1.29 is 14.6 Å². The molecular weight excluding hydrogens is 268 g/mol. The summed E-state index contributed by atoms with van der Waals surface area (Å²) in [5.74, 6) is 0.0600. The van der Waals surface area contributed by atoms with Crippen molar-refractivity contribution in [3.63, 3.8) is 0 Å². The largest absolute Gasteiger partial charge is 0.389 e. The van der Waals surface area contributed by atoms with Crippen LogP contribution in [0.25, 0.3) is 0 Å². The van der Waals surface area contributed by atoms with Crippen LogP contribution >= 0.6 is 0 Å². The maximum atomic E-state index is 11.6. The van der Waals surface area contributed by atoms with E-state index in [-0.39, 0.29) is 11.9 Å². The van der Waals surface area contributed by atoms with E-state index in [0.717, 1.165) is 19.3 Å². The molecule has 0 spiro atoms. The molecule has 2 unspecified atom stereocenters. The summed E-state index contributed by atoms with van der Waals surface area (Å²) in [5.41, 5.74) is 0. The van der Waals surface area contributed by atoms with Gasteiger partial charge in [0.15, 0.2) is 0 Å². The minimum absolute atomic E-state index is 0.0600. The van der Waals surface area contributed by atoms with Crippen LogP contribution in [0.4, 0.5) is 0 Å². The van der Waals surface area contributed by atoms with E-state index in [9.17, 15) is 9.90 Å². The molecular formula is C16H32N2O3. The van der Waals surface area contributed by atoms with Gasteiger partial charge >= 0.3 is 0 Å². The summed E-state index contributed by atoms with van der Waals surface area (Å²) < 4.78 is 5.72. The number of aliphatic hydroxyl groups excluding tert-OH is 1. The Bertz CT molecular complexity index is 281. The molecule has 1 amide bonds. The van der Waals surface area contributed by atoms with E-state index in [0.29, 0.717) is 32.2 Å². The van der Waals surface area contributed by atoms with Gasteiger partial charge in [-0.25, -0.2) is 0 Å². The molecule has 0 saturated heterocycles. The third-order valence-electron chi connectivity index (χ3n) is 4.01. The molecule has 0 heterocycles. The second-order valence-electron chi connectivity index (χ2n) is 6.08. The summed E-state index contributed by atoms with van der Waals surface area (Å²) in [7, 11) is 0. The lowest BCUT2D eigenvalue weighted by molar-refractivity contribution is -0.121. The summed E-state index contributed by atoms with van der Waals surface area (Å²) in [6.07, 6.45) is 7.25. The molecule has 1 aliphatic carbocycles. The molecule has 0 aromatic rings. The van der Waals surface area contributed by atoms with Crippen molar-refractivity contribution in [1.29, 1.82) is 0 Å². The van der Waals surface area contributed by atoms with Crippen LogP contribution in [-0.2, 0) is 9.53 Å². The highest BCUT2D eigenvalue weighted by atomic mass is 16.5. The normalized spacial score (nSPS) is 19.2. The lowest BCUT2D eigenvalue weighted by Crippen LogP contribution is -2.36. The Morgan fingerprint density at radius 1 is 1.33 bits per heavy atom. The number of rotatable bonds is 10. The zero-order valence-electron chi connectivity index (χ0n) is 13.6. The molecule has 1 saturated carbocycles. The van der Waals surface area contributed by atoms with Crippen LogP contribution < -0.4 is 10.6 Å². The Morgan fingerprint density at radius 2 is 2.05 bits per heavy atom. The summed E-state index contributed by atoms with van der Waals surface area (Å²) in [4.78, 5) is 11.6.